The Labute approximate surface area is 93.4 Å². The molecule has 0 saturated heterocycles. The minimum Gasteiger partial charge on any atom is -0.512 e. The zero-order chi connectivity index (χ0) is 12.3. The fraction of sp³-hybridized carbons (Fsp3) is 0.769. The summed E-state index contributed by atoms with van der Waals surface area (Å²) in [4.78, 5) is 11.5. The Balaban J connectivity index is 4.31. The molecule has 0 aliphatic carbocycles. The molecule has 0 unspecified atom stereocenters. The summed E-state index contributed by atoms with van der Waals surface area (Å²) in [5, 5.41) is 9.59. The molecular weight excluding hydrogens is 188 g/mol. The number of aliphatic hydroxyl groups is 1. The molecule has 2 nitrogen and oxygen atoms in total. The first-order chi connectivity index (χ1) is 6.49. The van der Waals surface area contributed by atoms with Crippen LogP contribution in [0.15, 0.2) is 11.8 Å². The summed E-state index contributed by atoms with van der Waals surface area (Å²) < 4.78 is 0. The SMILES string of the molecule is CC(C)(C)CC(=O)C=C(O)CC(C)(C)C. The second-order valence-corrected chi connectivity index (χ2v) is 6.58. The van der Waals surface area contributed by atoms with Crippen LogP contribution in [-0.4, -0.2) is 10.9 Å². The summed E-state index contributed by atoms with van der Waals surface area (Å²) in [7, 11) is 0. The highest BCUT2D eigenvalue weighted by molar-refractivity contribution is 5.90. The number of aliphatic hydroxyl groups excluding tert-OH is 1. The van der Waals surface area contributed by atoms with E-state index in [4.69, 9.17) is 0 Å². The first kappa shape index (κ1) is 14.2. The topological polar surface area (TPSA) is 37.3 Å². The number of ketones is 1. The summed E-state index contributed by atoms with van der Waals surface area (Å²) in [5.74, 6) is 0.195. The van der Waals surface area contributed by atoms with Crippen molar-refractivity contribution in [2.75, 3.05) is 0 Å². The van der Waals surface area contributed by atoms with Gasteiger partial charge in [0, 0.05) is 18.9 Å². The van der Waals surface area contributed by atoms with Gasteiger partial charge in [-0.05, 0) is 10.8 Å². The molecule has 2 heteroatoms. The zero-order valence-electron chi connectivity index (χ0n) is 10.8. The lowest BCUT2D eigenvalue weighted by atomic mass is 9.88. The number of carbonyl (C=O) groups is 1. The Bertz CT molecular complexity index is 249. The summed E-state index contributed by atoms with van der Waals surface area (Å²) >= 11 is 0. The van der Waals surface area contributed by atoms with Gasteiger partial charge in [-0.2, -0.15) is 0 Å². The van der Waals surface area contributed by atoms with Gasteiger partial charge in [0.15, 0.2) is 5.78 Å². The molecule has 0 atom stereocenters. The van der Waals surface area contributed by atoms with Gasteiger partial charge in [0.25, 0.3) is 0 Å². The number of carbonyl (C=O) groups excluding carboxylic acids is 1. The molecule has 0 amide bonds. The van der Waals surface area contributed by atoms with E-state index >= 15 is 0 Å². The Morgan fingerprint density at radius 2 is 1.40 bits per heavy atom. The highest BCUT2D eigenvalue weighted by Gasteiger charge is 2.17. The van der Waals surface area contributed by atoms with E-state index < -0.39 is 0 Å². The van der Waals surface area contributed by atoms with Gasteiger partial charge in [-0.1, -0.05) is 41.5 Å². The molecule has 0 spiro atoms. The molecule has 0 aromatic rings. The molecule has 0 aromatic heterocycles. The van der Waals surface area contributed by atoms with E-state index in [9.17, 15) is 9.90 Å². The van der Waals surface area contributed by atoms with Gasteiger partial charge in [-0.15, -0.1) is 0 Å². The third-order valence-corrected chi connectivity index (χ3v) is 1.74. The number of hydrogen-bond acceptors (Lipinski definition) is 2. The summed E-state index contributed by atoms with van der Waals surface area (Å²) in [6, 6.07) is 0. The van der Waals surface area contributed by atoms with Crippen molar-refractivity contribution >= 4 is 5.78 Å². The van der Waals surface area contributed by atoms with E-state index in [1.165, 1.54) is 6.08 Å². The smallest absolute Gasteiger partial charge is 0.159 e. The lowest BCUT2D eigenvalue weighted by molar-refractivity contribution is -0.116. The largest absolute Gasteiger partial charge is 0.512 e. The molecule has 0 fully saturated rings. The van der Waals surface area contributed by atoms with Crippen molar-refractivity contribution in [1.29, 1.82) is 0 Å². The van der Waals surface area contributed by atoms with Crippen LogP contribution in [0.4, 0.5) is 0 Å². The second kappa shape index (κ2) is 4.82. The third kappa shape index (κ3) is 9.51. The van der Waals surface area contributed by atoms with Gasteiger partial charge in [-0.3, -0.25) is 4.79 Å². The number of allylic oxidation sites excluding steroid dienone is 2. The van der Waals surface area contributed by atoms with E-state index in [2.05, 4.69) is 0 Å². The second-order valence-electron chi connectivity index (χ2n) is 6.58. The van der Waals surface area contributed by atoms with E-state index in [1.807, 2.05) is 41.5 Å². The fourth-order valence-electron chi connectivity index (χ4n) is 1.35. The van der Waals surface area contributed by atoms with Crippen molar-refractivity contribution in [3.05, 3.63) is 11.8 Å². The van der Waals surface area contributed by atoms with E-state index in [1.54, 1.807) is 0 Å². The van der Waals surface area contributed by atoms with Gasteiger partial charge in [0.2, 0.25) is 0 Å². The van der Waals surface area contributed by atoms with Crippen LogP contribution < -0.4 is 0 Å². The van der Waals surface area contributed by atoms with Gasteiger partial charge < -0.3 is 5.11 Å². The van der Waals surface area contributed by atoms with Crippen molar-refractivity contribution < 1.29 is 9.90 Å². The Morgan fingerprint density at radius 1 is 1.00 bits per heavy atom. The quantitative estimate of drug-likeness (QED) is 0.569. The molecule has 15 heavy (non-hydrogen) atoms. The van der Waals surface area contributed by atoms with Crippen LogP contribution in [0, 0.1) is 10.8 Å². The van der Waals surface area contributed by atoms with Crippen molar-refractivity contribution in [2.24, 2.45) is 10.8 Å². The molecule has 0 bridgehead atoms. The maximum absolute atomic E-state index is 11.5. The normalized spacial score (nSPS) is 14.1. The van der Waals surface area contributed by atoms with Crippen molar-refractivity contribution in [2.45, 2.75) is 54.4 Å². The molecule has 0 aliphatic rings. The summed E-state index contributed by atoms with van der Waals surface area (Å²) in [6.45, 7) is 12.1. The number of rotatable bonds is 3. The molecule has 0 aliphatic heterocycles. The van der Waals surface area contributed by atoms with E-state index in [0.29, 0.717) is 12.8 Å². The fourth-order valence-corrected chi connectivity index (χ4v) is 1.35. The lowest BCUT2D eigenvalue weighted by Gasteiger charge is -2.18. The van der Waals surface area contributed by atoms with Crippen molar-refractivity contribution in [3.63, 3.8) is 0 Å². The van der Waals surface area contributed by atoms with Crippen molar-refractivity contribution in [3.8, 4) is 0 Å². The van der Waals surface area contributed by atoms with Crippen molar-refractivity contribution in [1.82, 2.24) is 0 Å². The minimum absolute atomic E-state index is 0.00394. The number of hydrogen-bond donors (Lipinski definition) is 1. The predicted octanol–water partition coefficient (Wildman–Crippen LogP) is 3.87. The maximum atomic E-state index is 11.5. The lowest BCUT2D eigenvalue weighted by Crippen LogP contribution is -2.12. The van der Waals surface area contributed by atoms with Crippen LogP contribution in [0.3, 0.4) is 0 Å². The van der Waals surface area contributed by atoms with Crippen LogP contribution in [-0.2, 0) is 4.79 Å². The molecule has 0 aromatic carbocycles. The standard InChI is InChI=1S/C13H24O2/c1-12(2,3)8-10(14)7-11(15)9-13(4,5)6/h7,14H,8-9H2,1-6H3. The van der Waals surface area contributed by atoms with Crippen LogP contribution in [0.2, 0.25) is 0 Å². The van der Waals surface area contributed by atoms with E-state index in [0.717, 1.165) is 0 Å². The van der Waals surface area contributed by atoms with Gasteiger partial charge >= 0.3 is 0 Å². The molecule has 0 rings (SSSR count). The molecular formula is C13H24O2. The van der Waals surface area contributed by atoms with Gasteiger partial charge in [-0.25, -0.2) is 0 Å². The molecule has 0 heterocycles. The van der Waals surface area contributed by atoms with Crippen LogP contribution in [0.5, 0.6) is 0 Å². The van der Waals surface area contributed by atoms with Crippen LogP contribution in [0.25, 0.3) is 0 Å². The molecule has 88 valence electrons. The summed E-state index contributed by atoms with van der Waals surface area (Å²) in [5.41, 5.74) is -0.00179. The van der Waals surface area contributed by atoms with Crippen LogP contribution >= 0.6 is 0 Å². The molecule has 0 saturated carbocycles. The monoisotopic (exact) mass is 212 g/mol. The summed E-state index contributed by atoms with van der Waals surface area (Å²) in [6.07, 6.45) is 2.39. The Kier molecular flexibility index (Phi) is 4.57. The first-order valence-corrected chi connectivity index (χ1v) is 5.42. The maximum Gasteiger partial charge on any atom is 0.159 e. The third-order valence-electron chi connectivity index (χ3n) is 1.74. The Hall–Kier alpha value is -0.790. The average molecular weight is 212 g/mol. The highest BCUT2D eigenvalue weighted by Crippen LogP contribution is 2.24. The molecule has 1 N–H and O–H groups in total. The van der Waals surface area contributed by atoms with Gasteiger partial charge in [0.1, 0.15) is 0 Å². The predicted molar refractivity (Wildman–Crippen MR) is 63.9 cm³/mol. The average Bonchev–Trinajstić information content (AvgIpc) is 1.73. The van der Waals surface area contributed by atoms with E-state index in [-0.39, 0.29) is 22.4 Å². The first-order valence-electron chi connectivity index (χ1n) is 5.42. The van der Waals surface area contributed by atoms with Gasteiger partial charge in [0.05, 0.1) is 5.76 Å². The molecule has 0 radical (unpaired) electrons. The highest BCUT2D eigenvalue weighted by atomic mass is 16.3. The minimum atomic E-state index is -0.0183. The Morgan fingerprint density at radius 3 is 1.73 bits per heavy atom. The zero-order valence-corrected chi connectivity index (χ0v) is 10.8. The van der Waals surface area contributed by atoms with Crippen LogP contribution in [0.1, 0.15) is 54.4 Å².